The second-order valence-electron chi connectivity index (χ2n) is 10.7. The van der Waals surface area contributed by atoms with Crippen molar-refractivity contribution in [1.82, 2.24) is 9.71 Å². The van der Waals surface area contributed by atoms with Crippen molar-refractivity contribution in [2.45, 2.75) is 103 Å². The summed E-state index contributed by atoms with van der Waals surface area (Å²) in [7, 11) is -2.38. The number of carboxylic acids is 1. The van der Waals surface area contributed by atoms with Crippen LogP contribution in [0.3, 0.4) is 0 Å². The Morgan fingerprint density at radius 1 is 1.15 bits per heavy atom. The van der Waals surface area contributed by atoms with Gasteiger partial charge in [0.25, 0.3) is 0 Å². The van der Waals surface area contributed by atoms with Crippen LogP contribution in [0.15, 0.2) is 4.60 Å². The summed E-state index contributed by atoms with van der Waals surface area (Å²) in [5.41, 5.74) is -2.12. The Hall–Kier alpha value is -0.553. The molecule has 0 amide bonds. The van der Waals surface area contributed by atoms with Gasteiger partial charge in [0.15, 0.2) is 0 Å². The lowest BCUT2D eigenvalue weighted by Crippen LogP contribution is -2.57. The third kappa shape index (κ3) is 6.37. The third-order valence-corrected chi connectivity index (χ3v) is 14.2. The van der Waals surface area contributed by atoms with E-state index in [1.54, 1.807) is 20.8 Å². The van der Waals surface area contributed by atoms with E-state index in [1.165, 1.54) is 0 Å². The molecule has 0 aliphatic rings. The highest BCUT2D eigenvalue weighted by Crippen LogP contribution is 2.38. The number of nitrogens with one attached hydrogen (secondary N) is 1. The molecule has 0 saturated carbocycles. The first-order valence-corrected chi connectivity index (χ1v) is 15.9. The standard InChI is InChI=1S/C23H39BrF2N2O3SSi/c1-10-33(11-2,12-3)18-16(21(4,5)6)20(24)27-19(17(18)26)23(14-25,13-15(29)30)28-32(31)22(7,8)9/h28H,10-14H2,1-9H3,(H,29,30). The number of nitrogens with zero attached hydrogens (tertiary/aromatic N) is 1. The van der Waals surface area contributed by atoms with Gasteiger partial charge in [-0.2, -0.15) is 0 Å². The molecule has 0 aliphatic heterocycles. The molecule has 0 aliphatic carbocycles. The lowest BCUT2D eigenvalue weighted by Gasteiger charge is -2.39. The molecule has 0 radical (unpaired) electrons. The number of pyridine rings is 1. The maximum atomic E-state index is 16.6. The van der Waals surface area contributed by atoms with Crippen LogP contribution < -0.4 is 9.91 Å². The van der Waals surface area contributed by atoms with E-state index in [-0.39, 0.29) is 5.69 Å². The van der Waals surface area contributed by atoms with Crippen LogP contribution in [-0.2, 0) is 27.1 Å². The van der Waals surface area contributed by atoms with Gasteiger partial charge in [-0.15, -0.1) is 4.72 Å². The van der Waals surface area contributed by atoms with Gasteiger partial charge in [-0.05, 0) is 52.9 Å². The topological polar surface area (TPSA) is 85.3 Å². The van der Waals surface area contributed by atoms with E-state index in [1.807, 2.05) is 41.5 Å². The van der Waals surface area contributed by atoms with Gasteiger partial charge in [-0.3, -0.25) is 4.79 Å². The maximum absolute atomic E-state index is 16.6. The summed E-state index contributed by atoms with van der Waals surface area (Å²) in [6, 6.07) is 2.33. The van der Waals surface area contributed by atoms with E-state index in [2.05, 4.69) is 25.6 Å². The molecular weight excluding hydrogens is 530 g/mol. The minimum atomic E-state index is -2.38. The van der Waals surface area contributed by atoms with Crippen molar-refractivity contribution in [1.29, 1.82) is 0 Å². The molecular formula is C23H39BrF2N2O3SSi. The number of aromatic nitrogens is 1. The molecule has 190 valence electrons. The van der Waals surface area contributed by atoms with Crippen LogP contribution in [0, 0.1) is 5.82 Å². The Kier molecular flexibility index (Phi) is 10.2. The van der Waals surface area contributed by atoms with E-state index in [0.717, 1.165) is 23.7 Å². The van der Waals surface area contributed by atoms with Gasteiger partial charge in [0.05, 0.1) is 14.5 Å². The molecule has 0 fully saturated rings. The molecule has 2 unspecified atom stereocenters. The van der Waals surface area contributed by atoms with Gasteiger partial charge >= 0.3 is 5.97 Å². The van der Waals surface area contributed by atoms with E-state index in [0.29, 0.717) is 9.79 Å². The fraction of sp³-hybridized carbons (Fsp3) is 0.739. The quantitative estimate of drug-likeness (QED) is 0.215. The second-order valence-corrected chi connectivity index (χ2v) is 18.6. The molecule has 0 bridgehead atoms. The van der Waals surface area contributed by atoms with Crippen molar-refractivity contribution < 1.29 is 23.2 Å². The van der Waals surface area contributed by atoms with Crippen molar-refractivity contribution in [2.75, 3.05) is 6.67 Å². The van der Waals surface area contributed by atoms with Gasteiger partial charge in [-0.1, -0.05) is 59.7 Å². The van der Waals surface area contributed by atoms with Crippen LogP contribution in [0.25, 0.3) is 0 Å². The fourth-order valence-corrected chi connectivity index (χ4v) is 10.4. The molecule has 2 atom stereocenters. The SMILES string of the molecule is CC[Si](CC)(CC)c1c(F)c(C(CF)(CC(=O)O)N[S+]([O-])C(C)(C)C)nc(Br)c1C(C)(C)C. The monoisotopic (exact) mass is 568 g/mol. The summed E-state index contributed by atoms with van der Waals surface area (Å²) in [6.07, 6.45) is -0.797. The summed E-state index contributed by atoms with van der Waals surface area (Å²) >= 11 is 1.65. The molecule has 1 rings (SSSR count). The second kappa shape index (κ2) is 11.0. The van der Waals surface area contributed by atoms with E-state index in [4.69, 9.17) is 0 Å². The predicted molar refractivity (Wildman–Crippen MR) is 138 cm³/mol. The number of rotatable bonds is 10. The highest BCUT2D eigenvalue weighted by atomic mass is 79.9. The molecule has 0 aromatic carbocycles. The number of carbonyl (C=O) groups is 1. The molecule has 0 saturated heterocycles. The van der Waals surface area contributed by atoms with Crippen LogP contribution in [-0.4, -0.2) is 40.1 Å². The Balaban J connectivity index is 4.16. The zero-order valence-electron chi connectivity index (χ0n) is 21.3. The first kappa shape index (κ1) is 30.5. The average molecular weight is 570 g/mol. The molecule has 5 nitrogen and oxygen atoms in total. The molecule has 33 heavy (non-hydrogen) atoms. The summed E-state index contributed by atoms with van der Waals surface area (Å²) in [6.45, 7) is 15.8. The first-order chi connectivity index (χ1) is 15.0. The number of aliphatic carboxylic acids is 1. The van der Waals surface area contributed by atoms with Crippen LogP contribution in [0.2, 0.25) is 18.1 Å². The smallest absolute Gasteiger partial charge is 0.305 e. The minimum Gasteiger partial charge on any atom is -0.598 e. The Morgan fingerprint density at radius 2 is 1.64 bits per heavy atom. The minimum absolute atomic E-state index is 0.327. The van der Waals surface area contributed by atoms with E-state index >= 15 is 4.39 Å². The van der Waals surface area contributed by atoms with Gasteiger partial charge in [0, 0.05) is 11.4 Å². The molecule has 1 heterocycles. The van der Waals surface area contributed by atoms with Gasteiger partial charge in [-0.25, -0.2) is 13.8 Å². The van der Waals surface area contributed by atoms with Crippen molar-refractivity contribution in [3.8, 4) is 0 Å². The zero-order valence-corrected chi connectivity index (χ0v) is 24.7. The Labute approximate surface area is 210 Å². The van der Waals surface area contributed by atoms with Crippen LogP contribution in [0.1, 0.15) is 80.0 Å². The molecule has 1 aromatic heterocycles. The predicted octanol–water partition coefficient (Wildman–Crippen LogP) is 5.69. The van der Waals surface area contributed by atoms with Crippen LogP contribution >= 0.6 is 15.9 Å². The lowest BCUT2D eigenvalue weighted by atomic mass is 9.86. The Morgan fingerprint density at radius 3 is 1.97 bits per heavy atom. The number of halogens is 3. The van der Waals surface area contributed by atoms with Gasteiger partial charge < -0.3 is 9.66 Å². The van der Waals surface area contributed by atoms with Crippen LogP contribution in [0.4, 0.5) is 8.78 Å². The summed E-state index contributed by atoms with van der Waals surface area (Å²) in [5.74, 6) is -2.01. The molecule has 0 spiro atoms. The Bertz CT molecular complexity index is 849. The zero-order chi connectivity index (χ0) is 26.0. The highest BCUT2D eigenvalue weighted by Gasteiger charge is 2.49. The van der Waals surface area contributed by atoms with Crippen molar-refractivity contribution in [3.63, 3.8) is 0 Å². The van der Waals surface area contributed by atoms with Crippen molar-refractivity contribution >= 4 is 46.5 Å². The van der Waals surface area contributed by atoms with Crippen molar-refractivity contribution in [2.24, 2.45) is 0 Å². The molecule has 1 aromatic rings. The number of carboxylic acid groups (broad SMARTS) is 1. The molecule has 2 N–H and O–H groups in total. The number of alkyl halides is 1. The van der Waals surface area contributed by atoms with E-state index < -0.39 is 60.0 Å². The normalized spacial score (nSPS) is 15.9. The van der Waals surface area contributed by atoms with E-state index in [9.17, 15) is 18.8 Å². The summed E-state index contributed by atoms with van der Waals surface area (Å²) < 4.78 is 46.5. The third-order valence-electron chi connectivity index (χ3n) is 6.38. The van der Waals surface area contributed by atoms with Gasteiger partial charge in [0.1, 0.15) is 33.1 Å². The first-order valence-electron chi connectivity index (χ1n) is 11.3. The average Bonchev–Trinajstić information content (AvgIpc) is 2.69. The fourth-order valence-electron chi connectivity index (χ4n) is 4.21. The van der Waals surface area contributed by atoms with Crippen LogP contribution in [0.5, 0.6) is 0 Å². The maximum Gasteiger partial charge on any atom is 0.305 e. The van der Waals surface area contributed by atoms with Gasteiger partial charge in [0.2, 0.25) is 0 Å². The summed E-state index contributed by atoms with van der Waals surface area (Å²) in [5, 5.41) is 10.2. The largest absolute Gasteiger partial charge is 0.598 e. The number of hydrogen-bond acceptors (Lipinski definition) is 4. The summed E-state index contributed by atoms with van der Waals surface area (Å²) in [4.78, 5) is 16.2. The lowest BCUT2D eigenvalue weighted by molar-refractivity contribution is -0.139. The number of hydrogen-bond donors (Lipinski definition) is 2. The highest BCUT2D eigenvalue weighted by molar-refractivity contribution is 9.10. The molecule has 10 heteroatoms. The van der Waals surface area contributed by atoms with Crippen molar-refractivity contribution in [3.05, 3.63) is 21.7 Å².